The van der Waals surface area contributed by atoms with Gasteiger partial charge in [0.1, 0.15) is 5.60 Å². The minimum Gasteiger partial charge on any atom is -0.444 e. The Morgan fingerprint density at radius 3 is 2.23 bits per heavy atom. The van der Waals surface area contributed by atoms with E-state index in [2.05, 4.69) is 33.7 Å². The molecule has 0 aromatic carbocycles. The fourth-order valence-electron chi connectivity index (χ4n) is 4.41. The molecule has 0 fully saturated rings. The van der Waals surface area contributed by atoms with Crippen molar-refractivity contribution in [3.8, 4) is 11.6 Å². The van der Waals surface area contributed by atoms with Crippen molar-refractivity contribution in [2.24, 2.45) is 0 Å². The lowest BCUT2D eigenvalue weighted by Crippen LogP contribution is -2.45. The van der Waals surface area contributed by atoms with E-state index in [-0.39, 0.29) is 24.8 Å². The first kappa shape index (κ1) is 42.1. The van der Waals surface area contributed by atoms with Crippen LogP contribution in [0.3, 0.4) is 0 Å². The molecule has 14 heteroatoms. The van der Waals surface area contributed by atoms with E-state index >= 15 is 0 Å². The van der Waals surface area contributed by atoms with Gasteiger partial charge in [-0.25, -0.2) is 9.78 Å². The van der Waals surface area contributed by atoms with E-state index in [1.807, 2.05) is 27.7 Å². The number of carbonyl (C=O) groups is 1. The highest BCUT2D eigenvalue weighted by molar-refractivity contribution is 5.89. The van der Waals surface area contributed by atoms with E-state index in [9.17, 15) is 31.1 Å². The van der Waals surface area contributed by atoms with Gasteiger partial charge in [0.05, 0.1) is 23.6 Å². The predicted molar refractivity (Wildman–Crippen MR) is 173 cm³/mol. The number of allylic oxidation sites excluding steroid dienone is 4. The molecule has 1 N–H and O–H groups in total. The molecule has 3 rings (SSSR count). The van der Waals surface area contributed by atoms with Crippen molar-refractivity contribution in [1.82, 2.24) is 15.2 Å². The van der Waals surface area contributed by atoms with Gasteiger partial charge in [0.15, 0.2) is 5.69 Å². The molecule has 8 nitrogen and oxygen atoms in total. The fraction of sp³-hybridized carbons (Fsp3) is 0.529. The molecule has 0 aliphatic carbocycles. The standard InChI is InChI=1S/C30H34F6N4O4.2C2H6/c1-7-13-19(8-2)17-42-28(30(34,35)36)15-12-10-9-11-14-18(3)22-20(29(31,32)33)16-21(37-26(41)44-27(4,5)6)23(38-22)24-39-40-25(28)43-24;2*1-2/h7-10,13,16,18H,1-2,11-12,14-15,17H2,3-6H3,(H,37,41);2*1-2H3/b10-9-,19-13+;;. The van der Waals surface area contributed by atoms with Crippen LogP contribution < -0.4 is 5.32 Å². The van der Waals surface area contributed by atoms with E-state index in [0.29, 0.717) is 6.07 Å². The molecule has 1 aliphatic rings. The maximum Gasteiger partial charge on any atom is 0.426 e. The largest absolute Gasteiger partial charge is 0.444 e. The lowest BCUT2D eigenvalue weighted by atomic mass is 9.94. The third-order valence-corrected chi connectivity index (χ3v) is 6.57. The second-order valence-electron chi connectivity index (χ2n) is 11.1. The summed E-state index contributed by atoms with van der Waals surface area (Å²) in [5, 5.41) is 9.58. The fourth-order valence-corrected chi connectivity index (χ4v) is 4.41. The van der Waals surface area contributed by atoms with Gasteiger partial charge in [-0.2, -0.15) is 26.3 Å². The van der Waals surface area contributed by atoms with Crippen LogP contribution in [0.4, 0.5) is 36.8 Å². The Morgan fingerprint density at radius 1 is 1.06 bits per heavy atom. The average molecular weight is 689 g/mol. The van der Waals surface area contributed by atoms with E-state index in [4.69, 9.17) is 13.9 Å². The molecule has 1 amide bonds. The Morgan fingerprint density at radius 2 is 1.69 bits per heavy atom. The summed E-state index contributed by atoms with van der Waals surface area (Å²) in [7, 11) is 0. The summed E-state index contributed by atoms with van der Waals surface area (Å²) in [6.45, 7) is 20.7. The molecule has 2 unspecified atom stereocenters. The van der Waals surface area contributed by atoms with Gasteiger partial charge in [-0.05, 0) is 64.0 Å². The van der Waals surface area contributed by atoms with Crippen molar-refractivity contribution >= 4 is 11.8 Å². The van der Waals surface area contributed by atoms with E-state index < -0.39 is 83.0 Å². The number of nitrogens with zero attached hydrogens (tertiary/aromatic N) is 3. The highest BCUT2D eigenvalue weighted by Crippen LogP contribution is 2.47. The quantitative estimate of drug-likeness (QED) is 0.183. The number of halogens is 6. The third-order valence-electron chi connectivity index (χ3n) is 6.57. The smallest absolute Gasteiger partial charge is 0.426 e. The molecule has 268 valence electrons. The molecule has 0 spiro atoms. The Balaban J connectivity index is 0.00000277. The average Bonchev–Trinajstić information content (AvgIpc) is 3.49. The highest BCUT2D eigenvalue weighted by Gasteiger charge is 2.61. The van der Waals surface area contributed by atoms with Gasteiger partial charge in [-0.1, -0.05) is 78.2 Å². The summed E-state index contributed by atoms with van der Waals surface area (Å²) < 4.78 is 104. The van der Waals surface area contributed by atoms with Crippen LogP contribution in [0, 0.1) is 0 Å². The number of hydrogen-bond donors (Lipinski definition) is 1. The summed E-state index contributed by atoms with van der Waals surface area (Å²) in [6.07, 6.45) is -4.28. The number of ether oxygens (including phenoxy) is 2. The van der Waals surface area contributed by atoms with Crippen LogP contribution in [-0.2, 0) is 21.3 Å². The zero-order chi connectivity index (χ0) is 36.9. The summed E-state index contributed by atoms with van der Waals surface area (Å²) in [5.41, 5.74) is -6.42. The molecule has 2 aromatic rings. The zero-order valence-corrected chi connectivity index (χ0v) is 28.7. The van der Waals surface area contributed by atoms with Crippen molar-refractivity contribution in [3.63, 3.8) is 0 Å². The number of anilines is 1. The summed E-state index contributed by atoms with van der Waals surface area (Å²) >= 11 is 0. The van der Waals surface area contributed by atoms with Crippen LogP contribution in [0.25, 0.3) is 11.6 Å². The molecule has 0 saturated heterocycles. The number of aromatic nitrogens is 3. The Hall–Kier alpha value is -3.94. The van der Waals surface area contributed by atoms with Gasteiger partial charge >= 0.3 is 18.4 Å². The van der Waals surface area contributed by atoms with E-state index in [0.717, 1.165) is 0 Å². The number of alkyl halides is 6. The number of fused-ring (bicyclic) bond motifs is 5. The topological polar surface area (TPSA) is 99.4 Å². The number of rotatable bonds is 6. The van der Waals surface area contributed by atoms with E-state index in [1.54, 1.807) is 26.8 Å². The molecule has 48 heavy (non-hydrogen) atoms. The lowest BCUT2D eigenvalue weighted by Gasteiger charge is -2.32. The molecular formula is C34H46F6N4O4. The van der Waals surface area contributed by atoms with Crippen LogP contribution in [0.2, 0.25) is 0 Å². The van der Waals surface area contributed by atoms with Crippen LogP contribution in [-0.4, -0.2) is 39.7 Å². The van der Waals surface area contributed by atoms with Crippen LogP contribution in [0.15, 0.2) is 59.6 Å². The molecule has 1 aliphatic heterocycles. The first-order chi connectivity index (χ1) is 22.4. The third kappa shape index (κ3) is 11.1. The Kier molecular flexibility index (Phi) is 15.8. The molecule has 0 radical (unpaired) electrons. The first-order valence-corrected chi connectivity index (χ1v) is 15.7. The molecule has 2 atom stereocenters. The maximum absolute atomic E-state index is 14.9. The molecule has 4 bridgehead atoms. The number of pyridine rings is 1. The monoisotopic (exact) mass is 688 g/mol. The van der Waals surface area contributed by atoms with Crippen molar-refractivity contribution in [1.29, 1.82) is 0 Å². The molecule has 2 aromatic heterocycles. The van der Waals surface area contributed by atoms with E-state index in [1.165, 1.54) is 31.2 Å². The second-order valence-corrected chi connectivity index (χ2v) is 11.1. The minimum absolute atomic E-state index is 0.136. The second kappa shape index (κ2) is 18.0. The number of nitrogens with one attached hydrogen (secondary N) is 1. The normalized spacial score (nSPS) is 19.3. The van der Waals surface area contributed by atoms with Crippen molar-refractivity contribution in [2.45, 2.75) is 111 Å². The van der Waals surface area contributed by atoms with Gasteiger partial charge in [0, 0.05) is 0 Å². The first-order valence-electron chi connectivity index (χ1n) is 15.7. The van der Waals surface area contributed by atoms with Gasteiger partial charge in [0.2, 0.25) is 5.60 Å². The number of carbonyl (C=O) groups excluding carboxylic acids is 1. The Labute approximate surface area is 278 Å². The predicted octanol–water partition coefficient (Wildman–Crippen LogP) is 10.9. The summed E-state index contributed by atoms with van der Waals surface area (Å²) in [4.78, 5) is 16.8. The van der Waals surface area contributed by atoms with Crippen LogP contribution >= 0.6 is 0 Å². The van der Waals surface area contributed by atoms with Gasteiger partial charge in [0.25, 0.3) is 11.8 Å². The van der Waals surface area contributed by atoms with Gasteiger partial charge in [-0.3, -0.25) is 5.32 Å². The number of amides is 1. The van der Waals surface area contributed by atoms with Crippen LogP contribution in [0.5, 0.6) is 0 Å². The summed E-state index contributed by atoms with van der Waals surface area (Å²) in [6, 6.07) is 0.633. The maximum atomic E-state index is 14.9. The van der Waals surface area contributed by atoms with Crippen molar-refractivity contribution in [2.75, 3.05) is 11.9 Å². The van der Waals surface area contributed by atoms with Crippen molar-refractivity contribution < 1.29 is 45.0 Å². The van der Waals surface area contributed by atoms with Gasteiger partial charge in [-0.15, -0.1) is 10.2 Å². The van der Waals surface area contributed by atoms with Crippen LogP contribution in [0.1, 0.15) is 104 Å². The summed E-state index contributed by atoms with van der Waals surface area (Å²) in [5.74, 6) is -2.40. The SMILES string of the molecule is C=C/C=C(\C=C)COC1(C(F)(F)F)CC/C=C\CCC(C)c2nc(c(NC(=O)OC(C)(C)C)cc2C(F)(F)F)-c2nnc1o2.CC.CC. The molecular weight excluding hydrogens is 642 g/mol. The number of hydrogen-bond acceptors (Lipinski definition) is 7. The van der Waals surface area contributed by atoms with Crippen molar-refractivity contribution in [3.05, 3.63) is 72.3 Å². The lowest BCUT2D eigenvalue weighted by molar-refractivity contribution is -0.292. The minimum atomic E-state index is -5.08. The zero-order valence-electron chi connectivity index (χ0n) is 28.7. The Bertz CT molecular complexity index is 1420. The molecule has 0 saturated carbocycles. The van der Waals surface area contributed by atoms with Gasteiger partial charge < -0.3 is 13.9 Å². The highest BCUT2D eigenvalue weighted by atomic mass is 19.4. The molecule has 3 heterocycles.